The maximum atomic E-state index is 12.4. The van der Waals surface area contributed by atoms with Crippen LogP contribution in [0, 0.1) is 0 Å². The number of ether oxygens (including phenoxy) is 1. The van der Waals surface area contributed by atoms with Crippen molar-refractivity contribution >= 4 is 11.9 Å². The van der Waals surface area contributed by atoms with Crippen LogP contribution in [-0.2, 0) is 14.3 Å². The highest BCUT2D eigenvalue weighted by molar-refractivity contribution is 5.76. The first-order chi connectivity index (χ1) is 28.0. The average Bonchev–Trinajstić information content (AvgIpc) is 3.21. The molecule has 0 aromatic carbocycles. The van der Waals surface area contributed by atoms with Gasteiger partial charge in [0.2, 0.25) is 5.91 Å². The molecule has 0 aromatic rings. The summed E-state index contributed by atoms with van der Waals surface area (Å²) < 4.78 is 5.44. The third kappa shape index (κ3) is 43.5. The van der Waals surface area contributed by atoms with Crippen molar-refractivity contribution in [1.29, 1.82) is 0 Å². The summed E-state index contributed by atoms with van der Waals surface area (Å²) in [5, 5.41) is 22.9. The lowest BCUT2D eigenvalue weighted by molar-refractivity contribution is -0.143. The molecule has 0 saturated carbocycles. The first-order valence-corrected chi connectivity index (χ1v) is 24.8. The summed E-state index contributed by atoms with van der Waals surface area (Å²) in [6.45, 7) is 4.82. The van der Waals surface area contributed by atoms with Gasteiger partial charge in [0.15, 0.2) is 0 Å². The van der Waals surface area contributed by atoms with E-state index in [4.69, 9.17) is 4.74 Å². The molecule has 6 heteroatoms. The minimum Gasteiger partial charge on any atom is -0.466 e. The fourth-order valence-corrected chi connectivity index (χ4v) is 7.25. The van der Waals surface area contributed by atoms with Crippen LogP contribution < -0.4 is 5.32 Å². The molecule has 0 heterocycles. The summed E-state index contributed by atoms with van der Waals surface area (Å²) in [5.41, 5.74) is 0. The van der Waals surface area contributed by atoms with Crippen LogP contribution in [-0.4, -0.2) is 47.4 Å². The number of unbranched alkanes of at least 4 members (excludes halogenated alkanes) is 30. The van der Waals surface area contributed by atoms with E-state index in [2.05, 4.69) is 43.5 Å². The second-order valence-electron chi connectivity index (χ2n) is 16.8. The van der Waals surface area contributed by atoms with Gasteiger partial charge >= 0.3 is 5.97 Å². The number of aliphatic hydroxyl groups excluding tert-OH is 2. The van der Waals surface area contributed by atoms with Crippen molar-refractivity contribution in [3.8, 4) is 0 Å². The van der Waals surface area contributed by atoms with Gasteiger partial charge in [0.05, 0.1) is 25.4 Å². The molecule has 57 heavy (non-hydrogen) atoms. The average molecular weight is 802 g/mol. The molecule has 1 amide bonds. The largest absolute Gasteiger partial charge is 0.466 e. The molecule has 0 aromatic heterocycles. The van der Waals surface area contributed by atoms with Gasteiger partial charge in [0.25, 0.3) is 0 Å². The Morgan fingerprint density at radius 1 is 0.474 bits per heavy atom. The predicted octanol–water partition coefficient (Wildman–Crippen LogP) is 14.5. The van der Waals surface area contributed by atoms with Crippen molar-refractivity contribution in [1.82, 2.24) is 5.32 Å². The first-order valence-electron chi connectivity index (χ1n) is 24.8. The molecule has 0 aliphatic heterocycles. The Morgan fingerprint density at radius 3 is 1.30 bits per heavy atom. The number of hydrogen-bond donors (Lipinski definition) is 3. The highest BCUT2D eigenvalue weighted by atomic mass is 16.5. The molecule has 0 radical (unpaired) electrons. The van der Waals surface area contributed by atoms with Gasteiger partial charge in [-0.1, -0.05) is 198 Å². The quantitative estimate of drug-likeness (QED) is 0.0324. The van der Waals surface area contributed by atoms with Gasteiger partial charge in [-0.05, 0) is 77.0 Å². The Hall–Kier alpha value is -1.92. The second-order valence-corrected chi connectivity index (χ2v) is 16.8. The molecule has 0 fully saturated rings. The van der Waals surface area contributed by atoms with Gasteiger partial charge in [-0.25, -0.2) is 0 Å². The van der Waals surface area contributed by atoms with Crippen molar-refractivity contribution in [2.75, 3.05) is 13.2 Å². The molecule has 0 saturated heterocycles. The number of carbonyl (C=O) groups is 2. The number of esters is 1. The minimum atomic E-state index is -0.851. The normalized spacial score (nSPS) is 13.0. The van der Waals surface area contributed by atoms with Crippen LogP contribution in [0.2, 0.25) is 0 Å². The van der Waals surface area contributed by atoms with E-state index in [-0.39, 0.29) is 18.5 Å². The topological polar surface area (TPSA) is 95.9 Å². The van der Waals surface area contributed by atoms with E-state index in [0.29, 0.717) is 19.4 Å². The molecule has 2 atom stereocenters. The molecule has 334 valence electrons. The number of hydrogen-bond acceptors (Lipinski definition) is 5. The van der Waals surface area contributed by atoms with E-state index >= 15 is 0 Å². The lowest BCUT2D eigenvalue weighted by atomic mass is 10.1. The first kappa shape index (κ1) is 55.1. The van der Waals surface area contributed by atoms with Crippen molar-refractivity contribution in [2.45, 2.75) is 264 Å². The molecule has 0 aliphatic rings. The van der Waals surface area contributed by atoms with Gasteiger partial charge in [0.1, 0.15) is 0 Å². The number of nitrogens with one attached hydrogen (secondary N) is 1. The zero-order valence-corrected chi connectivity index (χ0v) is 37.8. The maximum Gasteiger partial charge on any atom is 0.305 e. The summed E-state index contributed by atoms with van der Waals surface area (Å²) >= 11 is 0. The van der Waals surface area contributed by atoms with E-state index < -0.39 is 12.1 Å². The third-order valence-electron chi connectivity index (χ3n) is 11.1. The van der Waals surface area contributed by atoms with Crippen LogP contribution in [0.1, 0.15) is 251 Å². The summed E-state index contributed by atoms with van der Waals surface area (Å²) in [7, 11) is 0. The molecular weight excluding hydrogens is 707 g/mol. The monoisotopic (exact) mass is 802 g/mol. The SMILES string of the molecule is CCCC/C=C\CCCCCCCC(=O)OCCCCCCCCCCC/C=C\CCCCCCCC(=O)NC(CO)C(O)/C=C/CCCCCCCCCCC. The van der Waals surface area contributed by atoms with Crippen molar-refractivity contribution in [2.24, 2.45) is 0 Å². The highest BCUT2D eigenvalue weighted by Crippen LogP contribution is 2.14. The van der Waals surface area contributed by atoms with E-state index in [0.717, 1.165) is 64.2 Å². The molecule has 3 N–H and O–H groups in total. The second kappa shape index (κ2) is 46.8. The van der Waals surface area contributed by atoms with Gasteiger partial charge in [-0.3, -0.25) is 9.59 Å². The Kier molecular flexibility index (Phi) is 45.2. The Labute approximate surface area is 353 Å². The molecule has 0 aliphatic carbocycles. The Morgan fingerprint density at radius 2 is 0.842 bits per heavy atom. The van der Waals surface area contributed by atoms with Crippen LogP contribution in [0.4, 0.5) is 0 Å². The number of amides is 1. The van der Waals surface area contributed by atoms with E-state index in [9.17, 15) is 19.8 Å². The molecule has 6 nitrogen and oxygen atoms in total. The van der Waals surface area contributed by atoms with Gasteiger partial charge in [-0.2, -0.15) is 0 Å². The minimum absolute atomic E-state index is 0.00999. The van der Waals surface area contributed by atoms with Crippen LogP contribution in [0.3, 0.4) is 0 Å². The van der Waals surface area contributed by atoms with E-state index in [1.807, 2.05) is 6.08 Å². The zero-order chi connectivity index (χ0) is 41.5. The van der Waals surface area contributed by atoms with Gasteiger partial charge < -0.3 is 20.3 Å². The summed E-state index contributed by atoms with van der Waals surface area (Å²) in [5.74, 6) is -0.0950. The highest BCUT2D eigenvalue weighted by Gasteiger charge is 2.18. The van der Waals surface area contributed by atoms with Crippen LogP contribution in [0.15, 0.2) is 36.5 Å². The van der Waals surface area contributed by atoms with Crippen molar-refractivity contribution < 1.29 is 24.5 Å². The van der Waals surface area contributed by atoms with E-state index in [1.54, 1.807) is 6.08 Å². The maximum absolute atomic E-state index is 12.4. The predicted molar refractivity (Wildman–Crippen MR) is 246 cm³/mol. The number of carbonyl (C=O) groups excluding carboxylic acids is 2. The molecule has 0 bridgehead atoms. The smallest absolute Gasteiger partial charge is 0.305 e. The number of rotatable bonds is 45. The number of allylic oxidation sites excluding steroid dienone is 5. The van der Waals surface area contributed by atoms with Crippen LogP contribution in [0.5, 0.6) is 0 Å². The lowest BCUT2D eigenvalue weighted by Gasteiger charge is -2.20. The molecule has 2 unspecified atom stereocenters. The van der Waals surface area contributed by atoms with Crippen LogP contribution >= 0.6 is 0 Å². The van der Waals surface area contributed by atoms with E-state index in [1.165, 1.54) is 161 Å². The third-order valence-corrected chi connectivity index (χ3v) is 11.1. The molecule has 0 spiro atoms. The van der Waals surface area contributed by atoms with Crippen LogP contribution in [0.25, 0.3) is 0 Å². The summed E-state index contributed by atoms with van der Waals surface area (Å²) in [4.78, 5) is 24.3. The molecule has 0 rings (SSSR count). The Balaban J connectivity index is 3.49. The fraction of sp³-hybridized carbons (Fsp3) is 0.843. The standard InChI is InChI=1S/C51H95NO5/c1-3-5-7-9-11-13-23-27-31-35-39-43-49(54)48(47-53)52-50(55)44-40-36-32-28-25-21-19-17-15-16-18-20-22-26-30-34-38-42-46-57-51(56)45-41-37-33-29-24-14-12-10-8-6-4-2/h10,12,17,19,39,43,48-49,53-54H,3-9,11,13-16,18,20-38,40-42,44-47H2,1-2H3,(H,52,55)/b12-10-,19-17-,43-39+. The van der Waals surface area contributed by atoms with Gasteiger partial charge in [0, 0.05) is 12.8 Å². The van der Waals surface area contributed by atoms with Crippen molar-refractivity contribution in [3.63, 3.8) is 0 Å². The summed E-state index contributed by atoms with van der Waals surface area (Å²) in [6, 6.07) is -0.636. The lowest BCUT2D eigenvalue weighted by Crippen LogP contribution is -2.45. The zero-order valence-electron chi connectivity index (χ0n) is 37.8. The van der Waals surface area contributed by atoms with Crippen molar-refractivity contribution in [3.05, 3.63) is 36.5 Å². The summed E-state index contributed by atoms with van der Waals surface area (Å²) in [6.07, 6.45) is 55.7. The van der Waals surface area contributed by atoms with Gasteiger partial charge in [-0.15, -0.1) is 0 Å². The number of aliphatic hydroxyl groups is 2. The molecular formula is C51H95NO5. The Bertz CT molecular complexity index is 931. The fourth-order valence-electron chi connectivity index (χ4n) is 7.25.